The lowest BCUT2D eigenvalue weighted by Crippen LogP contribution is -2.40. The van der Waals surface area contributed by atoms with Gasteiger partial charge in [-0.25, -0.2) is 17.9 Å². The summed E-state index contributed by atoms with van der Waals surface area (Å²) in [7, 11) is 0. The van der Waals surface area contributed by atoms with E-state index in [-0.39, 0.29) is 23.4 Å². The molecule has 0 atom stereocenters. The molecule has 140 valence electrons. The molecule has 2 aromatic carbocycles. The van der Waals surface area contributed by atoms with Crippen molar-refractivity contribution in [2.75, 3.05) is 23.8 Å². The standard InChI is InChI=1S/C18H16F3N5O/c1-10-2-15(23-13-7-27-8-13)17(21)16(3-10)24-18-22-9-26(25-18)14-5-11(19)4-12(20)6-14/h2-6,9,13,23H,7-8H2,1H3,(H,24,25). The van der Waals surface area contributed by atoms with E-state index < -0.39 is 17.5 Å². The summed E-state index contributed by atoms with van der Waals surface area (Å²) in [5.74, 6) is -1.83. The van der Waals surface area contributed by atoms with Gasteiger partial charge >= 0.3 is 0 Å². The zero-order valence-corrected chi connectivity index (χ0v) is 14.3. The smallest absolute Gasteiger partial charge is 0.247 e. The molecule has 2 heterocycles. The maximum absolute atomic E-state index is 14.8. The Hall–Kier alpha value is -3.07. The Labute approximate surface area is 153 Å². The van der Waals surface area contributed by atoms with Crippen LogP contribution in [0.3, 0.4) is 0 Å². The Bertz CT molecular complexity index is 967. The normalized spacial score (nSPS) is 14.1. The number of hydrogen-bond acceptors (Lipinski definition) is 5. The number of ether oxygens (including phenoxy) is 1. The van der Waals surface area contributed by atoms with E-state index in [1.54, 1.807) is 12.1 Å². The molecule has 1 aliphatic heterocycles. The Morgan fingerprint density at radius 3 is 2.41 bits per heavy atom. The maximum atomic E-state index is 14.8. The van der Waals surface area contributed by atoms with Crippen LogP contribution in [0.1, 0.15) is 5.56 Å². The van der Waals surface area contributed by atoms with E-state index in [0.717, 1.165) is 23.8 Å². The number of aryl methyl sites for hydroxylation is 1. The third-order valence-electron chi connectivity index (χ3n) is 4.06. The second-order valence-electron chi connectivity index (χ2n) is 6.32. The molecule has 0 bridgehead atoms. The summed E-state index contributed by atoms with van der Waals surface area (Å²) in [6.45, 7) is 2.91. The average molecular weight is 375 g/mol. The second kappa shape index (κ2) is 6.92. The summed E-state index contributed by atoms with van der Waals surface area (Å²) >= 11 is 0. The molecule has 4 rings (SSSR count). The Balaban J connectivity index is 1.58. The van der Waals surface area contributed by atoms with Gasteiger partial charge in [0.25, 0.3) is 0 Å². The van der Waals surface area contributed by atoms with Crippen LogP contribution in [-0.4, -0.2) is 34.0 Å². The van der Waals surface area contributed by atoms with Gasteiger partial charge < -0.3 is 15.4 Å². The highest BCUT2D eigenvalue weighted by atomic mass is 19.1. The van der Waals surface area contributed by atoms with E-state index >= 15 is 0 Å². The molecular weight excluding hydrogens is 359 g/mol. The highest BCUT2D eigenvalue weighted by molar-refractivity contribution is 5.65. The minimum atomic E-state index is -0.726. The van der Waals surface area contributed by atoms with Crippen LogP contribution in [0.5, 0.6) is 0 Å². The summed E-state index contributed by atoms with van der Waals surface area (Å²) < 4.78 is 47.8. The highest BCUT2D eigenvalue weighted by Crippen LogP contribution is 2.28. The molecule has 1 saturated heterocycles. The van der Waals surface area contributed by atoms with Gasteiger partial charge in [0, 0.05) is 6.07 Å². The number of anilines is 3. The summed E-state index contributed by atoms with van der Waals surface area (Å²) in [5, 5.41) is 9.99. The van der Waals surface area contributed by atoms with Crippen molar-refractivity contribution in [3.05, 3.63) is 59.7 Å². The first-order valence-electron chi connectivity index (χ1n) is 8.27. The minimum absolute atomic E-state index is 0.0781. The van der Waals surface area contributed by atoms with Crippen LogP contribution in [0.4, 0.5) is 30.5 Å². The number of rotatable bonds is 5. The van der Waals surface area contributed by atoms with Crippen LogP contribution >= 0.6 is 0 Å². The van der Waals surface area contributed by atoms with Crippen molar-refractivity contribution in [1.29, 1.82) is 0 Å². The van der Waals surface area contributed by atoms with Crippen molar-refractivity contribution in [3.63, 3.8) is 0 Å². The van der Waals surface area contributed by atoms with Gasteiger partial charge in [0.2, 0.25) is 5.95 Å². The first-order valence-corrected chi connectivity index (χ1v) is 8.27. The van der Waals surface area contributed by atoms with Crippen molar-refractivity contribution in [3.8, 4) is 5.69 Å². The van der Waals surface area contributed by atoms with E-state index in [9.17, 15) is 13.2 Å². The first-order chi connectivity index (χ1) is 13.0. The summed E-state index contributed by atoms with van der Waals surface area (Å²) in [5.41, 5.74) is 1.57. The molecule has 1 fully saturated rings. The summed E-state index contributed by atoms with van der Waals surface area (Å²) in [6, 6.07) is 6.42. The van der Waals surface area contributed by atoms with Gasteiger partial charge in [-0.1, -0.05) is 0 Å². The molecular formula is C18H16F3N5O. The van der Waals surface area contributed by atoms with Crippen molar-refractivity contribution in [2.24, 2.45) is 0 Å². The van der Waals surface area contributed by atoms with Crippen LogP contribution < -0.4 is 10.6 Å². The van der Waals surface area contributed by atoms with E-state index in [4.69, 9.17) is 4.74 Å². The molecule has 1 aromatic heterocycles. The molecule has 2 N–H and O–H groups in total. The lowest BCUT2D eigenvalue weighted by Gasteiger charge is -2.28. The van der Waals surface area contributed by atoms with E-state index in [1.807, 2.05) is 6.92 Å². The first kappa shape index (κ1) is 17.3. The fourth-order valence-electron chi connectivity index (χ4n) is 2.74. The van der Waals surface area contributed by atoms with Gasteiger partial charge in [-0.3, -0.25) is 0 Å². The topological polar surface area (TPSA) is 64.0 Å². The number of nitrogens with one attached hydrogen (secondary N) is 2. The fourth-order valence-corrected chi connectivity index (χ4v) is 2.74. The molecule has 27 heavy (non-hydrogen) atoms. The summed E-state index contributed by atoms with van der Waals surface area (Å²) in [6.07, 6.45) is 1.29. The van der Waals surface area contributed by atoms with Crippen LogP contribution in [0.2, 0.25) is 0 Å². The molecule has 0 unspecified atom stereocenters. The van der Waals surface area contributed by atoms with Crippen LogP contribution in [0, 0.1) is 24.4 Å². The SMILES string of the molecule is Cc1cc(Nc2ncn(-c3cc(F)cc(F)c3)n2)c(F)c(NC2COC2)c1. The number of nitrogens with zero attached hydrogens (tertiary/aromatic N) is 3. The molecule has 6 nitrogen and oxygen atoms in total. The van der Waals surface area contributed by atoms with Crippen molar-refractivity contribution >= 4 is 17.3 Å². The Morgan fingerprint density at radius 1 is 1.04 bits per heavy atom. The monoisotopic (exact) mass is 375 g/mol. The zero-order valence-electron chi connectivity index (χ0n) is 14.3. The van der Waals surface area contributed by atoms with Gasteiger partial charge in [0.15, 0.2) is 5.82 Å². The lowest BCUT2D eigenvalue weighted by atomic mass is 10.1. The predicted molar refractivity (Wildman–Crippen MR) is 93.9 cm³/mol. The Kier molecular flexibility index (Phi) is 4.44. The molecule has 3 aromatic rings. The van der Waals surface area contributed by atoms with Gasteiger partial charge in [-0.05, 0) is 36.8 Å². The van der Waals surface area contributed by atoms with Crippen molar-refractivity contribution in [2.45, 2.75) is 13.0 Å². The van der Waals surface area contributed by atoms with Crippen molar-refractivity contribution < 1.29 is 17.9 Å². The molecule has 0 saturated carbocycles. The quantitative estimate of drug-likeness (QED) is 0.714. The average Bonchev–Trinajstić information content (AvgIpc) is 3.02. The number of aromatic nitrogens is 3. The van der Waals surface area contributed by atoms with E-state index in [0.29, 0.717) is 18.9 Å². The number of hydrogen-bond donors (Lipinski definition) is 2. The van der Waals surface area contributed by atoms with Gasteiger partial charge in [-0.2, -0.15) is 4.98 Å². The van der Waals surface area contributed by atoms with Gasteiger partial charge in [-0.15, -0.1) is 5.10 Å². The third-order valence-corrected chi connectivity index (χ3v) is 4.06. The largest absolute Gasteiger partial charge is 0.377 e. The number of benzene rings is 2. The minimum Gasteiger partial charge on any atom is -0.377 e. The van der Waals surface area contributed by atoms with E-state index in [2.05, 4.69) is 20.7 Å². The molecule has 1 aliphatic rings. The van der Waals surface area contributed by atoms with E-state index in [1.165, 1.54) is 11.0 Å². The van der Waals surface area contributed by atoms with Crippen LogP contribution in [-0.2, 0) is 4.74 Å². The van der Waals surface area contributed by atoms with Crippen molar-refractivity contribution in [1.82, 2.24) is 14.8 Å². The molecule has 0 radical (unpaired) electrons. The number of halogens is 3. The molecule has 0 amide bonds. The van der Waals surface area contributed by atoms with Crippen LogP contribution in [0.25, 0.3) is 5.69 Å². The summed E-state index contributed by atoms with van der Waals surface area (Å²) in [4.78, 5) is 4.02. The zero-order chi connectivity index (χ0) is 19.0. The van der Waals surface area contributed by atoms with Gasteiger partial charge in [0.1, 0.15) is 18.0 Å². The molecule has 9 heteroatoms. The lowest BCUT2D eigenvalue weighted by molar-refractivity contribution is 0.0210. The highest BCUT2D eigenvalue weighted by Gasteiger charge is 2.21. The second-order valence-corrected chi connectivity index (χ2v) is 6.32. The van der Waals surface area contributed by atoms with Crippen LogP contribution in [0.15, 0.2) is 36.7 Å². The molecule has 0 spiro atoms. The fraction of sp³-hybridized carbons (Fsp3) is 0.222. The molecule has 0 aliphatic carbocycles. The van der Waals surface area contributed by atoms with Gasteiger partial charge in [0.05, 0.1) is 36.3 Å². The third kappa shape index (κ3) is 3.72. The Morgan fingerprint density at radius 2 is 1.74 bits per heavy atom. The predicted octanol–water partition coefficient (Wildman–Crippen LogP) is 3.55. The maximum Gasteiger partial charge on any atom is 0.247 e.